The van der Waals surface area contributed by atoms with E-state index in [4.69, 9.17) is 4.74 Å². The Hall–Kier alpha value is -8.54. The molecule has 10 aromatic carbocycles. The van der Waals surface area contributed by atoms with Gasteiger partial charge < -0.3 is 19.1 Å². The van der Waals surface area contributed by atoms with Crippen molar-refractivity contribution in [2.45, 2.75) is 175 Å². The van der Waals surface area contributed by atoms with E-state index in [1.54, 1.807) is 0 Å². The number of fused-ring (bicyclic) bond motifs is 7. The summed E-state index contributed by atoms with van der Waals surface area (Å²) in [6, 6.07) is 80.7. The van der Waals surface area contributed by atoms with Gasteiger partial charge in [-0.25, -0.2) is 0 Å². The molecule has 478 valence electrons. The Labute approximate surface area is 566 Å². The average molecular weight is 1240 g/mol. The molecule has 1 aromatic heterocycles. The molecule has 4 fully saturated rings. The molecule has 4 saturated carbocycles. The Morgan fingerprint density at radius 1 is 0.379 bits per heavy atom. The Morgan fingerprint density at radius 3 is 1.28 bits per heavy atom. The van der Waals surface area contributed by atoms with Crippen LogP contribution in [0, 0.1) is 17.8 Å². The van der Waals surface area contributed by atoms with Crippen LogP contribution in [-0.4, -0.2) is 16.8 Å². The molecule has 5 heteroatoms. The predicted octanol–water partition coefficient (Wildman–Crippen LogP) is 22.8. The van der Waals surface area contributed by atoms with Crippen molar-refractivity contribution in [3.05, 3.63) is 234 Å². The number of anilines is 5. The van der Waals surface area contributed by atoms with E-state index in [1.165, 1.54) is 138 Å². The third-order valence-electron chi connectivity index (χ3n) is 22.7. The Balaban J connectivity index is 1.06. The van der Waals surface area contributed by atoms with Crippen LogP contribution >= 0.6 is 0 Å². The highest BCUT2D eigenvalue weighted by Crippen LogP contribution is 2.61. The quantitative estimate of drug-likeness (QED) is 0.141. The van der Waals surface area contributed by atoms with Crippen LogP contribution in [0.2, 0.25) is 0 Å². The fourth-order valence-electron chi connectivity index (χ4n) is 17.9. The first-order valence-corrected chi connectivity index (χ1v) is 35.5. The Bertz CT molecular complexity index is 4660. The first kappa shape index (κ1) is 61.3. The largest absolute Gasteiger partial charge is 0.456 e. The summed E-state index contributed by atoms with van der Waals surface area (Å²) in [4.78, 5) is 5.51. The van der Waals surface area contributed by atoms with E-state index in [0.29, 0.717) is 0 Å². The predicted molar refractivity (Wildman–Crippen MR) is 406 cm³/mol. The van der Waals surface area contributed by atoms with Gasteiger partial charge in [-0.3, -0.25) is 0 Å². The van der Waals surface area contributed by atoms with Gasteiger partial charge in [-0.15, -0.1) is 0 Å². The molecule has 4 nitrogen and oxygen atoms in total. The van der Waals surface area contributed by atoms with E-state index in [1.807, 2.05) is 0 Å². The number of rotatable bonds is 8. The van der Waals surface area contributed by atoms with Gasteiger partial charge in [0.25, 0.3) is 6.71 Å². The topological polar surface area (TPSA) is 20.6 Å². The van der Waals surface area contributed by atoms with Crippen LogP contribution in [0.1, 0.15) is 170 Å². The van der Waals surface area contributed by atoms with Gasteiger partial charge in [-0.2, -0.15) is 0 Å². The smallest absolute Gasteiger partial charge is 0.256 e. The van der Waals surface area contributed by atoms with Gasteiger partial charge in [0, 0.05) is 44.7 Å². The monoisotopic (exact) mass is 1240 g/mol. The lowest BCUT2D eigenvalue weighted by Gasteiger charge is -2.62. The van der Waals surface area contributed by atoms with Crippen LogP contribution in [0.15, 0.2) is 206 Å². The molecule has 0 radical (unpaired) electrons. The molecule has 0 amide bonds. The summed E-state index contributed by atoms with van der Waals surface area (Å²) in [5.74, 6) is 3.99. The minimum Gasteiger partial charge on any atom is -0.456 e. The van der Waals surface area contributed by atoms with Crippen molar-refractivity contribution in [3.63, 3.8) is 0 Å². The minimum absolute atomic E-state index is 0.0144. The molecule has 11 aromatic rings. The fraction of sp³-hybridized carbons (Fsp3) is 0.333. The Kier molecular flexibility index (Phi) is 14.0. The molecular weight excluding hydrogens is 1150 g/mol. The summed E-state index contributed by atoms with van der Waals surface area (Å²) in [6.07, 6.45) is 7.68. The van der Waals surface area contributed by atoms with Crippen LogP contribution in [-0.2, 0) is 27.1 Å². The zero-order valence-electron chi connectivity index (χ0n) is 58.9. The van der Waals surface area contributed by atoms with E-state index >= 15 is 0 Å². The summed E-state index contributed by atoms with van der Waals surface area (Å²) >= 11 is 0. The zero-order valence-corrected chi connectivity index (χ0v) is 58.9. The number of aromatic nitrogens is 1. The van der Waals surface area contributed by atoms with Gasteiger partial charge in [0.1, 0.15) is 11.5 Å². The fourth-order valence-corrected chi connectivity index (χ4v) is 17.9. The van der Waals surface area contributed by atoms with Gasteiger partial charge in [-0.05, 0) is 240 Å². The summed E-state index contributed by atoms with van der Waals surface area (Å²) in [7, 11) is 0. The molecule has 3 heterocycles. The van der Waals surface area contributed by atoms with Crippen LogP contribution in [0.25, 0.3) is 60.9 Å². The van der Waals surface area contributed by atoms with Crippen molar-refractivity contribution in [1.82, 2.24) is 4.57 Å². The van der Waals surface area contributed by atoms with Gasteiger partial charge in [0.2, 0.25) is 0 Å². The highest BCUT2D eigenvalue weighted by atomic mass is 16.5. The van der Waals surface area contributed by atoms with Crippen LogP contribution < -0.4 is 30.9 Å². The van der Waals surface area contributed by atoms with E-state index in [-0.39, 0.29) is 39.3 Å². The maximum atomic E-state index is 8.25. The van der Waals surface area contributed by atoms with Crippen molar-refractivity contribution in [3.8, 4) is 50.6 Å². The molecule has 17 rings (SSSR count). The average Bonchev–Trinajstić information content (AvgIpc) is 0.899. The van der Waals surface area contributed by atoms with Crippen LogP contribution in [0.3, 0.4) is 0 Å². The van der Waals surface area contributed by atoms with Gasteiger partial charge in [-0.1, -0.05) is 231 Å². The molecule has 0 spiro atoms. The van der Waals surface area contributed by atoms with E-state index in [0.717, 1.165) is 63.0 Å². The first-order chi connectivity index (χ1) is 45.1. The van der Waals surface area contributed by atoms with Crippen molar-refractivity contribution < 1.29 is 4.74 Å². The molecular formula is C90H94BN3O. The second-order valence-corrected chi connectivity index (χ2v) is 34.5. The third-order valence-corrected chi connectivity index (χ3v) is 22.7. The molecule has 4 aliphatic carbocycles. The first-order valence-electron chi connectivity index (χ1n) is 35.5. The minimum atomic E-state index is -0.228. The van der Waals surface area contributed by atoms with Crippen molar-refractivity contribution in [2.75, 3.05) is 9.80 Å². The number of nitrogens with zero attached hydrogens (tertiary/aromatic N) is 3. The van der Waals surface area contributed by atoms with Crippen LogP contribution in [0.5, 0.6) is 11.5 Å². The highest BCUT2D eigenvalue weighted by Gasteiger charge is 2.57. The maximum Gasteiger partial charge on any atom is 0.256 e. The van der Waals surface area contributed by atoms with E-state index in [2.05, 4.69) is 324 Å². The van der Waals surface area contributed by atoms with Crippen molar-refractivity contribution in [1.29, 1.82) is 0 Å². The highest BCUT2D eigenvalue weighted by molar-refractivity contribution is 6.99. The SMILES string of the molecule is CC(C)(C)c1ccc(-c2cc3c4c(c2)N(C25CC6CC(CC(C6)C2)C5)c2cc(-c5ccccc5)c(-c5ccccc5)cc2B4c2cc(N(c4ccc(C(C)(C)C)cc4)c4ccc(C(C)(C)C)cc4)cc(-n4c5ccc(C(C)(C)C)cc5c5cc(C(C)(C)C)ccc54)c2O3)cc1. The Morgan fingerprint density at radius 2 is 0.821 bits per heavy atom. The number of benzene rings is 10. The summed E-state index contributed by atoms with van der Waals surface area (Å²) in [5.41, 5.74) is 26.7. The second kappa shape index (κ2) is 21.7. The molecule has 0 saturated heterocycles. The van der Waals surface area contributed by atoms with Crippen LogP contribution in [0.4, 0.5) is 28.4 Å². The number of hydrogen-bond donors (Lipinski definition) is 0. The van der Waals surface area contributed by atoms with Gasteiger partial charge >= 0.3 is 0 Å². The zero-order chi connectivity index (χ0) is 66.0. The summed E-state index contributed by atoms with van der Waals surface area (Å²) in [5, 5.41) is 2.50. The lowest BCUT2D eigenvalue weighted by Crippen LogP contribution is -2.66. The molecule has 0 N–H and O–H groups in total. The van der Waals surface area contributed by atoms with E-state index < -0.39 is 0 Å². The summed E-state index contributed by atoms with van der Waals surface area (Å²) < 4.78 is 10.8. The maximum absolute atomic E-state index is 8.25. The van der Waals surface area contributed by atoms with Crippen molar-refractivity contribution in [2.24, 2.45) is 17.8 Å². The number of ether oxygens (including phenoxy) is 1. The lowest BCUT2D eigenvalue weighted by atomic mass is 9.33. The van der Waals surface area contributed by atoms with Crippen molar-refractivity contribution >= 4 is 73.3 Å². The molecule has 95 heavy (non-hydrogen) atoms. The lowest BCUT2D eigenvalue weighted by molar-refractivity contribution is 0.000634. The number of hydrogen-bond acceptors (Lipinski definition) is 3. The second-order valence-electron chi connectivity index (χ2n) is 34.5. The normalized spacial score (nSPS) is 19.0. The molecule has 4 bridgehead atoms. The molecule has 0 atom stereocenters. The van der Waals surface area contributed by atoms with E-state index in [9.17, 15) is 0 Å². The van der Waals surface area contributed by atoms with Gasteiger partial charge in [0.15, 0.2) is 0 Å². The molecule has 6 aliphatic rings. The summed E-state index contributed by atoms with van der Waals surface area (Å²) in [6.45, 7) is 34.7. The van der Waals surface area contributed by atoms with Gasteiger partial charge in [0.05, 0.1) is 16.7 Å². The molecule has 0 unspecified atom stereocenters. The molecule has 2 aliphatic heterocycles. The third kappa shape index (κ3) is 10.5. The standard InChI is InChI=1S/C90H94BN3O/c1-85(2,3)63-28-26-59(27-29-63)62-45-80-83-82(46-62)95-84-76(91(83)75-51-71(60-22-18-16-19-23-60)72(61-24-20-17-21-25-61)52-79(75)94(80)90-53-56-42-57(54-90)44-58(43-56)55-90)49-70(92(68-36-30-64(31-37-68)86(4,5)6)69-38-32-65(33-39-69)87(7,8)9)50-81(84)93-77-40-34-66(88(10,11)12)47-73(77)74-48-67(89(13,14)15)35-41-78(74)93/h16-41,45-52,56-58H,42-44,53-55H2,1-15H3.